The fraction of sp³-hybridized carbons (Fsp3) is 0.214. The van der Waals surface area contributed by atoms with Gasteiger partial charge in [0, 0.05) is 40.9 Å². The number of carbonyl (C=O) groups is 5. The summed E-state index contributed by atoms with van der Waals surface area (Å²) in [6, 6.07) is 18.2. The molecule has 0 radical (unpaired) electrons. The average Bonchev–Trinajstić information content (AvgIpc) is 3.26. The van der Waals surface area contributed by atoms with Gasteiger partial charge in [-0.3, -0.25) is 19.2 Å². The van der Waals surface area contributed by atoms with Crippen LogP contribution in [0.3, 0.4) is 0 Å². The van der Waals surface area contributed by atoms with Crippen LogP contribution in [-0.2, 0) is 28.7 Å². The molecule has 22 heteroatoms. The second kappa shape index (κ2) is 20.0. The summed E-state index contributed by atoms with van der Waals surface area (Å²) in [5.74, 6) is -5.81. The SMILES string of the molecule is O=C(CNC(=O)CNC(=S)Nc1ccc(-c2c3ccc(=O)cc-3oc3cc(O)ccc23)c(C(=O)O)c1)NCC(=O)NC[C@H]1O[C@@H](O/C(=C\c2ccc(O)cc2)C(=O)O)[C@H](O)[C@@H](O)[C@H]1O. The fourth-order valence-corrected chi connectivity index (χ4v) is 6.63. The monoisotopic (exact) mass is 901 g/mol. The van der Waals surface area contributed by atoms with E-state index >= 15 is 0 Å². The molecule has 1 aliphatic carbocycles. The molecule has 0 spiro atoms. The van der Waals surface area contributed by atoms with Gasteiger partial charge in [-0.2, -0.15) is 0 Å². The second-order valence-electron chi connectivity index (χ2n) is 14.1. The van der Waals surface area contributed by atoms with Crippen molar-refractivity contribution in [3.05, 3.63) is 106 Å². The maximum atomic E-state index is 12.5. The van der Waals surface area contributed by atoms with Crippen molar-refractivity contribution in [2.45, 2.75) is 30.7 Å². The third-order valence-corrected chi connectivity index (χ3v) is 9.82. The third kappa shape index (κ3) is 11.2. The summed E-state index contributed by atoms with van der Waals surface area (Å²) in [5, 5.41) is 83.3. The number of hydrogen-bond donors (Lipinski definition) is 12. The summed E-state index contributed by atoms with van der Waals surface area (Å²) in [6.45, 7) is -2.04. The molecule has 3 aromatic carbocycles. The van der Waals surface area contributed by atoms with Crippen molar-refractivity contribution in [1.29, 1.82) is 0 Å². The Bertz CT molecular complexity index is 2670. The number of aromatic carboxylic acids is 1. The Morgan fingerprint density at radius 2 is 1.36 bits per heavy atom. The molecule has 12 N–H and O–H groups in total. The molecule has 2 aliphatic heterocycles. The number of phenols is 2. The number of carboxylic acid groups (broad SMARTS) is 2. The third-order valence-electron chi connectivity index (χ3n) is 9.57. The van der Waals surface area contributed by atoms with Gasteiger partial charge < -0.3 is 76.2 Å². The molecular formula is C42H39N5O16S. The number of fused-ring (bicyclic) bond motifs is 2. The Morgan fingerprint density at radius 1 is 0.719 bits per heavy atom. The summed E-state index contributed by atoms with van der Waals surface area (Å²) in [5.41, 5.74) is 1.43. The molecule has 0 bridgehead atoms. The molecule has 0 saturated carbocycles. The Balaban J connectivity index is 0.959. The van der Waals surface area contributed by atoms with Crippen LogP contribution >= 0.6 is 12.2 Å². The molecular weight excluding hydrogens is 863 g/mol. The Labute approximate surface area is 365 Å². The van der Waals surface area contributed by atoms with E-state index in [1.54, 1.807) is 12.1 Å². The van der Waals surface area contributed by atoms with Gasteiger partial charge in [0.1, 0.15) is 47.3 Å². The van der Waals surface area contributed by atoms with Crippen molar-refractivity contribution in [3.63, 3.8) is 0 Å². The van der Waals surface area contributed by atoms with Crippen molar-refractivity contribution in [1.82, 2.24) is 21.3 Å². The van der Waals surface area contributed by atoms with Gasteiger partial charge in [-0.05, 0) is 78.0 Å². The minimum Gasteiger partial charge on any atom is -0.508 e. The van der Waals surface area contributed by atoms with Crippen LogP contribution in [-0.4, -0.2) is 127 Å². The highest BCUT2D eigenvalue weighted by atomic mass is 32.1. The number of nitrogens with one attached hydrogen (secondary N) is 5. The van der Waals surface area contributed by atoms with Gasteiger partial charge in [0.15, 0.2) is 10.5 Å². The molecule has 0 aromatic heterocycles. The predicted octanol–water partition coefficient (Wildman–Crippen LogP) is 0.259. The van der Waals surface area contributed by atoms with E-state index in [0.29, 0.717) is 22.1 Å². The van der Waals surface area contributed by atoms with Gasteiger partial charge in [-0.15, -0.1) is 0 Å². The quantitative estimate of drug-likeness (QED) is 0.0290. The molecule has 1 saturated heterocycles. The number of phenolic OH excluding ortho intramolecular Hbond substituents is 2. The predicted molar refractivity (Wildman–Crippen MR) is 228 cm³/mol. The van der Waals surface area contributed by atoms with Crippen LogP contribution in [0, 0.1) is 0 Å². The molecule has 5 atom stereocenters. The van der Waals surface area contributed by atoms with E-state index in [9.17, 15) is 64.5 Å². The van der Waals surface area contributed by atoms with E-state index < -0.39 is 92.3 Å². The number of rotatable bonds is 15. The van der Waals surface area contributed by atoms with E-state index in [1.165, 1.54) is 66.7 Å². The molecule has 64 heavy (non-hydrogen) atoms. The standard InChI is InChI=1S/C42H39N5O16S/c48-21-4-1-19(2-5-21)11-30(40(59)60)62-41-38(56)37(55)36(54)31(63-41)15-43-32(51)16-44-33(52)17-45-34(53)18-46-42(64)47-20-3-8-24(27(12-20)39(57)58)35-25-9-6-22(49)13-28(25)61-29-14-23(50)7-10-26(29)35/h1-14,31,36-38,41,48-49,54-56H,15-18H2,(H,43,51)(H,44,52)(H,45,53)(H,57,58)(H,59,60)(H2,46,47,64)/b30-11-/t31-,36+,37+,38-,41-/m1/s1. The van der Waals surface area contributed by atoms with Gasteiger partial charge in [0.2, 0.25) is 29.8 Å². The zero-order valence-corrected chi connectivity index (χ0v) is 33.8. The lowest BCUT2D eigenvalue weighted by Crippen LogP contribution is -2.60. The number of carbonyl (C=O) groups excluding carboxylic acids is 3. The number of carboxylic acids is 2. The summed E-state index contributed by atoms with van der Waals surface area (Å²) in [7, 11) is 0. The van der Waals surface area contributed by atoms with Crippen LogP contribution in [0.4, 0.5) is 5.69 Å². The van der Waals surface area contributed by atoms with Crippen LogP contribution in [0.25, 0.3) is 39.5 Å². The largest absolute Gasteiger partial charge is 0.508 e. The van der Waals surface area contributed by atoms with E-state index in [0.717, 1.165) is 6.08 Å². The first-order valence-corrected chi connectivity index (χ1v) is 19.4. The smallest absolute Gasteiger partial charge is 0.371 e. The first kappa shape index (κ1) is 45.9. The van der Waals surface area contributed by atoms with Crippen molar-refractivity contribution in [2.24, 2.45) is 0 Å². The lowest BCUT2D eigenvalue weighted by molar-refractivity contribution is -0.285. The van der Waals surface area contributed by atoms with Crippen LogP contribution in [0.1, 0.15) is 15.9 Å². The van der Waals surface area contributed by atoms with Crippen molar-refractivity contribution in [3.8, 4) is 33.9 Å². The summed E-state index contributed by atoms with van der Waals surface area (Å²) in [6.07, 6.45) is -7.66. The molecule has 6 rings (SSSR count). The van der Waals surface area contributed by atoms with Crippen LogP contribution < -0.4 is 32.0 Å². The molecule has 3 aromatic rings. The minimum absolute atomic E-state index is 0.0742. The van der Waals surface area contributed by atoms with Crippen molar-refractivity contribution < 1.29 is 73.6 Å². The van der Waals surface area contributed by atoms with E-state index in [1.807, 2.05) is 0 Å². The minimum atomic E-state index is -1.90. The molecule has 21 nitrogen and oxygen atoms in total. The first-order valence-electron chi connectivity index (χ1n) is 19.0. The molecule has 334 valence electrons. The van der Waals surface area contributed by atoms with Gasteiger partial charge in [-0.1, -0.05) is 18.2 Å². The van der Waals surface area contributed by atoms with Crippen molar-refractivity contribution in [2.75, 3.05) is 31.5 Å². The highest BCUT2D eigenvalue weighted by Crippen LogP contribution is 2.42. The number of hydrogen-bond acceptors (Lipinski definition) is 15. The van der Waals surface area contributed by atoms with Gasteiger partial charge in [0.05, 0.1) is 25.2 Å². The zero-order valence-electron chi connectivity index (χ0n) is 33.0. The number of aliphatic carboxylic acids is 1. The molecule has 0 unspecified atom stereocenters. The Hall–Kier alpha value is -7.63. The highest BCUT2D eigenvalue weighted by Gasteiger charge is 2.45. The van der Waals surface area contributed by atoms with Crippen LogP contribution in [0.2, 0.25) is 0 Å². The maximum absolute atomic E-state index is 12.5. The van der Waals surface area contributed by atoms with Gasteiger partial charge in [-0.25, -0.2) is 9.59 Å². The summed E-state index contributed by atoms with van der Waals surface area (Å²) < 4.78 is 16.6. The van der Waals surface area contributed by atoms with Gasteiger partial charge >= 0.3 is 11.9 Å². The number of aliphatic hydroxyl groups is 3. The second-order valence-corrected chi connectivity index (χ2v) is 14.5. The maximum Gasteiger partial charge on any atom is 0.371 e. The van der Waals surface area contributed by atoms with Crippen LogP contribution in [0.5, 0.6) is 11.5 Å². The highest BCUT2D eigenvalue weighted by molar-refractivity contribution is 7.80. The lowest BCUT2D eigenvalue weighted by Gasteiger charge is -2.40. The molecule has 1 fully saturated rings. The Kier molecular flexibility index (Phi) is 14.4. The number of aliphatic hydroxyl groups excluding tert-OH is 3. The zero-order chi connectivity index (χ0) is 46.2. The number of aromatic hydroxyl groups is 2. The number of benzene rings is 4. The van der Waals surface area contributed by atoms with E-state index in [-0.39, 0.29) is 50.2 Å². The normalized spacial score (nSPS) is 18.4. The van der Waals surface area contributed by atoms with Gasteiger partial charge in [0.25, 0.3) is 0 Å². The lowest BCUT2D eigenvalue weighted by atomic mass is 9.90. The average molecular weight is 902 g/mol. The molecule has 3 amide bonds. The Morgan fingerprint density at radius 3 is 2.03 bits per heavy atom. The first-order chi connectivity index (χ1) is 30.5. The summed E-state index contributed by atoms with van der Waals surface area (Å²) in [4.78, 5) is 73.7. The van der Waals surface area contributed by atoms with Crippen LogP contribution in [0.15, 0.2) is 93.8 Å². The fourth-order valence-electron chi connectivity index (χ4n) is 6.44. The summed E-state index contributed by atoms with van der Waals surface area (Å²) >= 11 is 5.27. The van der Waals surface area contributed by atoms with Crippen molar-refractivity contribution >= 4 is 69.7 Å². The topological polar surface area (TPSA) is 336 Å². The number of thiocarbonyl (C=S) groups is 1. The number of ether oxygens (including phenoxy) is 2. The molecule has 3 aliphatic rings. The van der Waals surface area contributed by atoms with E-state index in [2.05, 4.69) is 26.6 Å². The molecule has 2 heterocycles. The van der Waals surface area contributed by atoms with E-state index in [4.69, 9.17) is 26.1 Å². The number of anilines is 1. The number of amides is 3.